The molecular formula is C18H19NO5S. The van der Waals surface area contributed by atoms with E-state index in [1.165, 1.54) is 12.1 Å². The quantitative estimate of drug-likeness (QED) is 0.818. The molecule has 25 heavy (non-hydrogen) atoms. The van der Waals surface area contributed by atoms with Crippen LogP contribution in [0.5, 0.6) is 5.75 Å². The van der Waals surface area contributed by atoms with Crippen LogP contribution >= 0.6 is 0 Å². The lowest BCUT2D eigenvalue weighted by molar-refractivity contribution is -0.116. The number of ether oxygens (including phenoxy) is 1. The summed E-state index contributed by atoms with van der Waals surface area (Å²) in [4.78, 5) is 11.6. The van der Waals surface area contributed by atoms with Crippen LogP contribution in [0.25, 0.3) is 0 Å². The Morgan fingerprint density at radius 1 is 1.08 bits per heavy atom. The molecule has 1 aliphatic heterocycles. The monoisotopic (exact) mass is 361 g/mol. The summed E-state index contributed by atoms with van der Waals surface area (Å²) in [5.41, 5.74) is 1.56. The molecule has 1 aliphatic rings. The number of carbonyl (C=O) groups is 1. The molecule has 0 fully saturated rings. The summed E-state index contributed by atoms with van der Waals surface area (Å²) in [7, 11) is -3.58. The number of nitrogens with one attached hydrogen (secondary N) is 1. The topological polar surface area (TPSA) is 92.7 Å². The molecule has 0 aromatic heterocycles. The Morgan fingerprint density at radius 2 is 1.84 bits per heavy atom. The fourth-order valence-corrected chi connectivity index (χ4v) is 4.11. The number of rotatable bonds is 6. The molecule has 0 saturated heterocycles. The van der Waals surface area contributed by atoms with Gasteiger partial charge in [0.05, 0.1) is 10.6 Å². The van der Waals surface area contributed by atoms with Gasteiger partial charge in [-0.3, -0.25) is 4.79 Å². The molecule has 2 N–H and O–H groups in total. The zero-order valence-electron chi connectivity index (χ0n) is 13.5. The normalized spacial score (nSPS) is 15.2. The van der Waals surface area contributed by atoms with Gasteiger partial charge in [-0.2, -0.15) is 0 Å². The maximum atomic E-state index is 12.3. The molecule has 1 amide bonds. The second kappa shape index (κ2) is 7.25. The Hall–Kier alpha value is -2.38. The van der Waals surface area contributed by atoms with Gasteiger partial charge in [0.1, 0.15) is 18.5 Å². The van der Waals surface area contributed by atoms with Gasteiger partial charge in [-0.05, 0) is 30.7 Å². The molecule has 1 unspecified atom stereocenters. The number of fused-ring (bicyclic) bond motifs is 1. The molecular weight excluding hydrogens is 342 g/mol. The van der Waals surface area contributed by atoms with Crippen LogP contribution < -0.4 is 10.1 Å². The molecule has 3 rings (SSSR count). The van der Waals surface area contributed by atoms with Crippen molar-refractivity contribution in [3.8, 4) is 5.75 Å². The molecule has 7 heteroatoms. The van der Waals surface area contributed by atoms with Crippen molar-refractivity contribution in [3.05, 3.63) is 54.1 Å². The van der Waals surface area contributed by atoms with Crippen molar-refractivity contribution >= 4 is 21.4 Å². The highest BCUT2D eigenvalue weighted by Gasteiger charge is 2.22. The first-order valence-corrected chi connectivity index (χ1v) is 9.61. The van der Waals surface area contributed by atoms with Gasteiger partial charge in [0.2, 0.25) is 5.91 Å². The highest BCUT2D eigenvalue weighted by atomic mass is 32.2. The van der Waals surface area contributed by atoms with Crippen LogP contribution in [0, 0.1) is 0 Å². The average molecular weight is 361 g/mol. The van der Waals surface area contributed by atoms with E-state index in [4.69, 9.17) is 4.74 Å². The summed E-state index contributed by atoms with van der Waals surface area (Å²) in [6.07, 6.45) is -0.229. The molecule has 0 aliphatic carbocycles. The second-order valence-corrected chi connectivity index (χ2v) is 7.92. The number of hydrogen-bond donors (Lipinski definition) is 2. The molecule has 0 radical (unpaired) electrons. The van der Waals surface area contributed by atoms with E-state index in [2.05, 4.69) is 5.32 Å². The third kappa shape index (κ3) is 4.18. The van der Waals surface area contributed by atoms with Crippen molar-refractivity contribution < 1.29 is 23.1 Å². The zero-order chi connectivity index (χ0) is 17.9. The standard InChI is InChI=1S/C18H19NO5S/c20-13(12-25(22,23)14-5-2-1-3-6-14)11-24-17-8-4-7-16-15(17)9-10-18(21)19-16/h1-8,13,20H,9-12H2,(H,19,21). The van der Waals surface area contributed by atoms with Gasteiger partial charge < -0.3 is 15.2 Å². The lowest BCUT2D eigenvalue weighted by Crippen LogP contribution is -2.27. The van der Waals surface area contributed by atoms with E-state index < -0.39 is 21.7 Å². The minimum atomic E-state index is -3.58. The third-order valence-corrected chi connectivity index (χ3v) is 5.77. The van der Waals surface area contributed by atoms with Crippen LogP contribution in [0.15, 0.2) is 53.4 Å². The zero-order valence-corrected chi connectivity index (χ0v) is 14.3. The Bertz CT molecular complexity index is 864. The second-order valence-electron chi connectivity index (χ2n) is 5.89. The first-order chi connectivity index (χ1) is 12.0. The van der Waals surface area contributed by atoms with E-state index >= 15 is 0 Å². The van der Waals surface area contributed by atoms with Crippen LogP contribution in [0.4, 0.5) is 5.69 Å². The Labute approximate surface area is 146 Å². The number of anilines is 1. The molecule has 1 heterocycles. The van der Waals surface area contributed by atoms with Gasteiger partial charge in [-0.1, -0.05) is 24.3 Å². The minimum Gasteiger partial charge on any atom is -0.490 e. The highest BCUT2D eigenvalue weighted by molar-refractivity contribution is 7.91. The summed E-state index contributed by atoms with van der Waals surface area (Å²) < 4.78 is 30.1. The molecule has 1 atom stereocenters. The molecule has 6 nitrogen and oxygen atoms in total. The molecule has 2 aromatic rings. The third-order valence-electron chi connectivity index (χ3n) is 3.95. The minimum absolute atomic E-state index is 0.0429. The fraction of sp³-hybridized carbons (Fsp3) is 0.278. The van der Waals surface area contributed by atoms with Gasteiger partial charge in [0.25, 0.3) is 0 Å². The van der Waals surface area contributed by atoms with Gasteiger partial charge in [0.15, 0.2) is 9.84 Å². The van der Waals surface area contributed by atoms with Crippen LogP contribution in [-0.2, 0) is 21.1 Å². The number of hydrogen-bond acceptors (Lipinski definition) is 5. The van der Waals surface area contributed by atoms with Crippen molar-refractivity contribution in [2.24, 2.45) is 0 Å². The predicted molar refractivity (Wildman–Crippen MR) is 93.4 cm³/mol. The Morgan fingerprint density at radius 3 is 2.60 bits per heavy atom. The summed E-state index contributed by atoms with van der Waals surface area (Å²) in [5.74, 6) is 0.0928. The maximum absolute atomic E-state index is 12.3. The predicted octanol–water partition coefficient (Wildman–Crippen LogP) is 1.78. The summed E-state index contributed by atoms with van der Waals surface area (Å²) >= 11 is 0. The summed E-state index contributed by atoms with van der Waals surface area (Å²) in [6.45, 7) is -0.142. The molecule has 2 aromatic carbocycles. The number of amides is 1. The van der Waals surface area contributed by atoms with Crippen molar-refractivity contribution in [2.75, 3.05) is 17.7 Å². The van der Waals surface area contributed by atoms with Gasteiger partial charge in [0, 0.05) is 17.7 Å². The van der Waals surface area contributed by atoms with Crippen molar-refractivity contribution in [1.82, 2.24) is 0 Å². The van der Waals surface area contributed by atoms with Gasteiger partial charge in [-0.25, -0.2) is 8.42 Å². The van der Waals surface area contributed by atoms with Crippen LogP contribution in [0.1, 0.15) is 12.0 Å². The first-order valence-electron chi connectivity index (χ1n) is 7.96. The Balaban J connectivity index is 1.65. The van der Waals surface area contributed by atoms with E-state index in [0.717, 1.165) is 5.56 Å². The maximum Gasteiger partial charge on any atom is 0.224 e. The van der Waals surface area contributed by atoms with Crippen LogP contribution in [0.3, 0.4) is 0 Å². The van der Waals surface area contributed by atoms with E-state index in [1.807, 2.05) is 0 Å². The molecule has 0 spiro atoms. The van der Waals surface area contributed by atoms with Crippen molar-refractivity contribution in [3.63, 3.8) is 0 Å². The summed E-state index contributed by atoms with van der Waals surface area (Å²) in [5, 5.41) is 12.8. The van der Waals surface area contributed by atoms with Crippen LogP contribution in [-0.4, -0.2) is 37.9 Å². The highest BCUT2D eigenvalue weighted by Crippen LogP contribution is 2.31. The van der Waals surface area contributed by atoms with Gasteiger partial charge in [-0.15, -0.1) is 0 Å². The number of sulfone groups is 1. The van der Waals surface area contributed by atoms with Gasteiger partial charge >= 0.3 is 0 Å². The number of aliphatic hydroxyl groups is 1. The molecule has 0 saturated carbocycles. The first kappa shape index (κ1) is 17.4. The lowest BCUT2D eigenvalue weighted by atomic mass is 10.0. The van der Waals surface area contributed by atoms with Crippen LogP contribution in [0.2, 0.25) is 0 Å². The van der Waals surface area contributed by atoms with Crippen molar-refractivity contribution in [1.29, 1.82) is 0 Å². The van der Waals surface area contributed by atoms with E-state index in [0.29, 0.717) is 24.3 Å². The number of aliphatic hydroxyl groups excluding tert-OH is 1. The summed E-state index contributed by atoms with van der Waals surface area (Å²) in [6, 6.07) is 13.3. The smallest absolute Gasteiger partial charge is 0.224 e. The Kier molecular flexibility index (Phi) is 5.06. The number of carbonyl (C=O) groups excluding carboxylic acids is 1. The average Bonchev–Trinajstić information content (AvgIpc) is 2.60. The van der Waals surface area contributed by atoms with Crippen molar-refractivity contribution in [2.45, 2.75) is 23.8 Å². The van der Waals surface area contributed by atoms with E-state index in [-0.39, 0.29) is 17.4 Å². The SMILES string of the molecule is O=C1CCc2c(cccc2OCC(O)CS(=O)(=O)c2ccccc2)N1. The van der Waals surface area contributed by atoms with E-state index in [9.17, 15) is 18.3 Å². The largest absolute Gasteiger partial charge is 0.490 e. The fourth-order valence-electron chi connectivity index (χ4n) is 2.74. The molecule has 132 valence electrons. The van der Waals surface area contributed by atoms with E-state index in [1.54, 1.807) is 36.4 Å². The molecule has 0 bridgehead atoms. The lowest BCUT2D eigenvalue weighted by Gasteiger charge is -2.21. The number of benzene rings is 2.